The Morgan fingerprint density at radius 3 is 2.39 bits per heavy atom. The molecule has 0 spiro atoms. The van der Waals surface area contributed by atoms with Crippen molar-refractivity contribution < 1.29 is 9.53 Å². The van der Waals surface area contributed by atoms with Gasteiger partial charge in [-0.2, -0.15) is 0 Å². The monoisotopic (exact) mass is 246 g/mol. The Balaban J connectivity index is 2.19. The minimum Gasteiger partial charge on any atom is -0.444 e. The zero-order valence-electron chi connectivity index (χ0n) is 11.1. The van der Waals surface area contributed by atoms with Crippen LogP contribution in [-0.4, -0.2) is 32.6 Å². The van der Waals surface area contributed by atoms with E-state index in [4.69, 9.17) is 12.6 Å². The standard InChI is InChI=1S/C13H19BN2O2/c1-13(2,3)18-12(17)16-9-8-15-11-6-4-10(14)5-7-11/h4-7,15H,8-9H2,1-3H3,(H,16,17). The number of alkyl carbamates (subject to hydrolysis) is 1. The quantitative estimate of drug-likeness (QED) is 0.624. The van der Waals surface area contributed by atoms with Gasteiger partial charge in [-0.05, 0) is 32.9 Å². The van der Waals surface area contributed by atoms with Crippen LogP contribution in [0.3, 0.4) is 0 Å². The summed E-state index contributed by atoms with van der Waals surface area (Å²) in [5, 5.41) is 5.84. The lowest BCUT2D eigenvalue weighted by molar-refractivity contribution is 0.0530. The van der Waals surface area contributed by atoms with Crippen LogP contribution in [0.25, 0.3) is 0 Å². The van der Waals surface area contributed by atoms with Gasteiger partial charge in [0.25, 0.3) is 0 Å². The first kappa shape index (κ1) is 14.4. The summed E-state index contributed by atoms with van der Waals surface area (Å²) >= 11 is 0. The summed E-state index contributed by atoms with van der Waals surface area (Å²) in [6.07, 6.45) is -0.401. The van der Waals surface area contributed by atoms with E-state index in [0.717, 1.165) is 11.2 Å². The van der Waals surface area contributed by atoms with Gasteiger partial charge >= 0.3 is 6.09 Å². The molecule has 1 amide bonds. The Hall–Kier alpha value is -1.65. The van der Waals surface area contributed by atoms with Gasteiger partial charge in [0.05, 0.1) is 0 Å². The predicted octanol–water partition coefficient (Wildman–Crippen LogP) is 1.42. The summed E-state index contributed by atoms with van der Waals surface area (Å²) in [6.45, 7) is 6.63. The van der Waals surface area contributed by atoms with E-state index in [-0.39, 0.29) is 0 Å². The second-order valence-electron chi connectivity index (χ2n) is 4.98. The van der Waals surface area contributed by atoms with E-state index in [2.05, 4.69) is 10.6 Å². The van der Waals surface area contributed by atoms with Gasteiger partial charge in [0.15, 0.2) is 0 Å². The van der Waals surface area contributed by atoms with E-state index >= 15 is 0 Å². The Morgan fingerprint density at radius 2 is 1.83 bits per heavy atom. The van der Waals surface area contributed by atoms with Gasteiger partial charge in [0.1, 0.15) is 13.4 Å². The van der Waals surface area contributed by atoms with Crippen molar-refractivity contribution in [2.45, 2.75) is 26.4 Å². The molecule has 0 unspecified atom stereocenters. The molecule has 1 rings (SSSR count). The molecule has 0 heterocycles. The number of anilines is 1. The number of amides is 1. The Bertz CT molecular complexity index is 385. The molecule has 0 aliphatic rings. The fourth-order valence-electron chi connectivity index (χ4n) is 1.29. The lowest BCUT2D eigenvalue weighted by Gasteiger charge is -2.19. The average Bonchev–Trinajstić information content (AvgIpc) is 2.24. The molecule has 0 saturated carbocycles. The molecule has 2 radical (unpaired) electrons. The van der Waals surface area contributed by atoms with Gasteiger partial charge < -0.3 is 15.4 Å². The highest BCUT2D eigenvalue weighted by atomic mass is 16.6. The Morgan fingerprint density at radius 1 is 1.22 bits per heavy atom. The first-order chi connectivity index (χ1) is 8.37. The predicted molar refractivity (Wildman–Crippen MR) is 74.6 cm³/mol. The maximum absolute atomic E-state index is 11.3. The lowest BCUT2D eigenvalue weighted by Crippen LogP contribution is -2.35. The van der Waals surface area contributed by atoms with Crippen molar-refractivity contribution in [2.75, 3.05) is 18.4 Å². The summed E-state index contributed by atoms with van der Waals surface area (Å²) in [4.78, 5) is 11.3. The maximum atomic E-state index is 11.3. The van der Waals surface area contributed by atoms with Crippen LogP contribution in [-0.2, 0) is 4.74 Å². The summed E-state index contributed by atoms with van der Waals surface area (Å²) in [5.41, 5.74) is 1.23. The minimum atomic E-state index is -0.464. The zero-order chi connectivity index (χ0) is 13.6. The van der Waals surface area contributed by atoms with E-state index in [1.54, 1.807) is 0 Å². The molecule has 1 aromatic carbocycles. The topological polar surface area (TPSA) is 50.4 Å². The maximum Gasteiger partial charge on any atom is 0.407 e. The summed E-state index contributed by atoms with van der Waals surface area (Å²) in [5.74, 6) is 0. The van der Waals surface area contributed by atoms with Crippen LogP contribution in [0.4, 0.5) is 10.5 Å². The zero-order valence-corrected chi connectivity index (χ0v) is 11.1. The van der Waals surface area contributed by atoms with Crippen LogP contribution in [0, 0.1) is 0 Å². The van der Waals surface area contributed by atoms with Gasteiger partial charge in [0, 0.05) is 18.8 Å². The minimum absolute atomic E-state index is 0.401. The summed E-state index contributed by atoms with van der Waals surface area (Å²) < 4.78 is 5.11. The van der Waals surface area contributed by atoms with Crippen molar-refractivity contribution in [3.63, 3.8) is 0 Å². The van der Waals surface area contributed by atoms with Gasteiger partial charge in [-0.15, -0.1) is 0 Å². The number of carbonyl (C=O) groups is 1. The highest BCUT2D eigenvalue weighted by Crippen LogP contribution is 2.06. The average molecular weight is 246 g/mol. The number of carbonyl (C=O) groups excluding carboxylic acids is 1. The first-order valence-electron chi connectivity index (χ1n) is 5.93. The van der Waals surface area contributed by atoms with Crippen molar-refractivity contribution in [3.05, 3.63) is 24.3 Å². The van der Waals surface area contributed by atoms with E-state index in [0.29, 0.717) is 13.1 Å². The van der Waals surface area contributed by atoms with E-state index in [9.17, 15) is 4.79 Å². The van der Waals surface area contributed by atoms with Crippen LogP contribution in [0.5, 0.6) is 0 Å². The molecule has 18 heavy (non-hydrogen) atoms. The molecule has 0 aromatic heterocycles. The lowest BCUT2D eigenvalue weighted by atomic mass is 9.96. The molecule has 1 aromatic rings. The van der Waals surface area contributed by atoms with Crippen LogP contribution >= 0.6 is 0 Å². The van der Waals surface area contributed by atoms with Crippen molar-refractivity contribution in [3.8, 4) is 0 Å². The molecule has 0 saturated heterocycles. The number of hydrogen-bond donors (Lipinski definition) is 2. The highest BCUT2D eigenvalue weighted by molar-refractivity contribution is 6.32. The summed E-state index contributed by atoms with van der Waals surface area (Å²) in [6, 6.07) is 7.43. The van der Waals surface area contributed by atoms with Crippen LogP contribution < -0.4 is 16.1 Å². The van der Waals surface area contributed by atoms with Crippen LogP contribution in [0.15, 0.2) is 24.3 Å². The normalized spacial score (nSPS) is 10.8. The molecule has 5 heteroatoms. The first-order valence-corrected chi connectivity index (χ1v) is 5.93. The van der Waals surface area contributed by atoms with Gasteiger partial charge in [-0.1, -0.05) is 17.6 Å². The third-order valence-corrected chi connectivity index (χ3v) is 2.03. The highest BCUT2D eigenvalue weighted by Gasteiger charge is 2.15. The van der Waals surface area contributed by atoms with Crippen molar-refractivity contribution in [1.29, 1.82) is 0 Å². The molecule has 0 bridgehead atoms. The fraction of sp³-hybridized carbons (Fsp3) is 0.462. The SMILES string of the molecule is [B]c1ccc(NCCNC(=O)OC(C)(C)C)cc1. The second-order valence-corrected chi connectivity index (χ2v) is 4.98. The smallest absolute Gasteiger partial charge is 0.407 e. The number of hydrogen-bond acceptors (Lipinski definition) is 3. The van der Waals surface area contributed by atoms with Gasteiger partial charge in [-0.3, -0.25) is 0 Å². The molecule has 96 valence electrons. The summed E-state index contributed by atoms with van der Waals surface area (Å²) in [7, 11) is 5.58. The molecule has 2 N–H and O–H groups in total. The Kier molecular flexibility index (Phi) is 5.07. The number of benzene rings is 1. The van der Waals surface area contributed by atoms with E-state index in [1.807, 2.05) is 45.0 Å². The van der Waals surface area contributed by atoms with Crippen LogP contribution in [0.1, 0.15) is 20.8 Å². The molecule has 0 aliphatic heterocycles. The molecule has 0 aliphatic carbocycles. The van der Waals surface area contributed by atoms with E-state index in [1.165, 1.54) is 0 Å². The number of nitrogens with one attached hydrogen (secondary N) is 2. The number of rotatable bonds is 4. The van der Waals surface area contributed by atoms with Crippen molar-refractivity contribution in [2.24, 2.45) is 0 Å². The van der Waals surface area contributed by atoms with Gasteiger partial charge in [-0.25, -0.2) is 4.79 Å². The molecule has 0 atom stereocenters. The Labute approximate surface area is 110 Å². The third-order valence-electron chi connectivity index (χ3n) is 2.03. The second kappa shape index (κ2) is 6.33. The van der Waals surface area contributed by atoms with Gasteiger partial charge in [0.2, 0.25) is 0 Å². The molecular weight excluding hydrogens is 227 g/mol. The molecule has 4 nitrogen and oxygen atoms in total. The largest absolute Gasteiger partial charge is 0.444 e. The fourth-order valence-corrected chi connectivity index (χ4v) is 1.29. The van der Waals surface area contributed by atoms with E-state index < -0.39 is 11.7 Å². The number of ether oxygens (including phenoxy) is 1. The van der Waals surface area contributed by atoms with Crippen LogP contribution in [0.2, 0.25) is 0 Å². The third kappa shape index (κ3) is 6.18. The molecule has 0 fully saturated rings. The van der Waals surface area contributed by atoms with Crippen molar-refractivity contribution >= 4 is 25.1 Å². The van der Waals surface area contributed by atoms with Crippen molar-refractivity contribution in [1.82, 2.24) is 5.32 Å². The molecular formula is C13H19BN2O2.